The Kier molecular flexibility index (Phi) is 6.85. The fourth-order valence-electron chi connectivity index (χ4n) is 2.66. The fourth-order valence-corrected chi connectivity index (χ4v) is 2.66. The van der Waals surface area contributed by atoms with Crippen molar-refractivity contribution < 1.29 is 14.3 Å². The van der Waals surface area contributed by atoms with E-state index in [-0.39, 0.29) is 5.91 Å². The first-order chi connectivity index (χ1) is 13.7. The summed E-state index contributed by atoms with van der Waals surface area (Å²) < 4.78 is 11.3. The van der Waals surface area contributed by atoms with Crippen LogP contribution in [0.5, 0.6) is 11.5 Å². The maximum absolute atomic E-state index is 12.0. The molecule has 3 aromatic rings. The van der Waals surface area contributed by atoms with Crippen LogP contribution in [0.4, 0.5) is 0 Å². The van der Waals surface area contributed by atoms with E-state index in [2.05, 4.69) is 5.32 Å². The van der Waals surface area contributed by atoms with E-state index in [1.165, 1.54) is 6.08 Å². The van der Waals surface area contributed by atoms with Gasteiger partial charge in [0.2, 0.25) is 5.91 Å². The van der Waals surface area contributed by atoms with Crippen LogP contribution in [-0.2, 0) is 17.9 Å². The number of carbonyl (C=O) groups excluding carboxylic acids is 1. The zero-order valence-corrected chi connectivity index (χ0v) is 15.8. The Balaban J connectivity index is 1.58. The predicted molar refractivity (Wildman–Crippen MR) is 111 cm³/mol. The normalized spacial score (nSPS) is 10.6. The van der Waals surface area contributed by atoms with Crippen LogP contribution in [0, 0.1) is 0 Å². The van der Waals surface area contributed by atoms with Gasteiger partial charge in [-0.1, -0.05) is 66.7 Å². The number of ether oxygens (including phenoxy) is 2. The molecular weight excluding hydrogens is 350 g/mol. The summed E-state index contributed by atoms with van der Waals surface area (Å²) in [4.78, 5) is 12.0. The first kappa shape index (κ1) is 19.2. The van der Waals surface area contributed by atoms with Crippen LogP contribution in [0.2, 0.25) is 0 Å². The summed E-state index contributed by atoms with van der Waals surface area (Å²) in [5, 5.41) is 2.87. The van der Waals surface area contributed by atoms with Gasteiger partial charge in [0.15, 0.2) is 11.5 Å². The summed E-state index contributed by atoms with van der Waals surface area (Å²) in [6.45, 7) is 0.966. The number of methoxy groups -OCH3 is 1. The van der Waals surface area contributed by atoms with Crippen LogP contribution >= 0.6 is 0 Å². The Morgan fingerprint density at radius 3 is 2.25 bits per heavy atom. The van der Waals surface area contributed by atoms with E-state index in [4.69, 9.17) is 9.47 Å². The first-order valence-electron chi connectivity index (χ1n) is 9.09. The average Bonchev–Trinajstić information content (AvgIpc) is 2.76. The molecular formula is C24H23NO3. The molecule has 0 aliphatic rings. The minimum Gasteiger partial charge on any atom is -0.493 e. The molecule has 0 radical (unpaired) electrons. The highest BCUT2D eigenvalue weighted by atomic mass is 16.5. The molecule has 0 aliphatic carbocycles. The van der Waals surface area contributed by atoms with Crippen molar-refractivity contribution in [2.75, 3.05) is 7.11 Å². The fraction of sp³-hybridized carbons (Fsp3) is 0.125. The quantitative estimate of drug-likeness (QED) is 0.587. The predicted octanol–water partition coefficient (Wildman–Crippen LogP) is 4.60. The van der Waals surface area contributed by atoms with Crippen molar-refractivity contribution in [2.24, 2.45) is 0 Å². The van der Waals surface area contributed by atoms with Crippen molar-refractivity contribution in [2.45, 2.75) is 13.2 Å². The Bertz CT molecular complexity index is 921. The van der Waals surface area contributed by atoms with Gasteiger partial charge in [0.25, 0.3) is 0 Å². The zero-order valence-electron chi connectivity index (χ0n) is 15.8. The molecule has 0 aromatic heterocycles. The summed E-state index contributed by atoms with van der Waals surface area (Å²) in [5.41, 5.74) is 3.01. The lowest BCUT2D eigenvalue weighted by atomic mass is 10.2. The second-order valence-corrected chi connectivity index (χ2v) is 6.22. The van der Waals surface area contributed by atoms with Crippen molar-refractivity contribution in [3.63, 3.8) is 0 Å². The highest BCUT2D eigenvalue weighted by molar-refractivity contribution is 5.91. The highest BCUT2D eigenvalue weighted by Gasteiger charge is 2.06. The van der Waals surface area contributed by atoms with Crippen LogP contribution in [0.3, 0.4) is 0 Å². The number of rotatable bonds is 8. The minimum atomic E-state index is -0.146. The number of hydrogen-bond donors (Lipinski definition) is 1. The molecule has 0 atom stereocenters. The molecule has 28 heavy (non-hydrogen) atoms. The number of benzene rings is 3. The van der Waals surface area contributed by atoms with E-state index in [0.29, 0.717) is 24.7 Å². The lowest BCUT2D eigenvalue weighted by Gasteiger charge is -2.11. The lowest BCUT2D eigenvalue weighted by Crippen LogP contribution is -2.20. The average molecular weight is 373 g/mol. The van der Waals surface area contributed by atoms with E-state index in [0.717, 1.165) is 16.7 Å². The van der Waals surface area contributed by atoms with Gasteiger partial charge < -0.3 is 14.8 Å². The van der Waals surface area contributed by atoms with Gasteiger partial charge in [-0.25, -0.2) is 0 Å². The van der Waals surface area contributed by atoms with Crippen molar-refractivity contribution >= 4 is 12.0 Å². The van der Waals surface area contributed by atoms with E-state index in [9.17, 15) is 4.79 Å². The summed E-state index contributed by atoms with van der Waals surface area (Å²) in [5.74, 6) is 1.15. The molecule has 0 spiro atoms. The van der Waals surface area contributed by atoms with Crippen molar-refractivity contribution in [3.05, 3.63) is 102 Å². The highest BCUT2D eigenvalue weighted by Crippen LogP contribution is 2.29. The number of nitrogens with one attached hydrogen (secondary N) is 1. The summed E-state index contributed by atoms with van der Waals surface area (Å²) in [6.07, 6.45) is 3.27. The lowest BCUT2D eigenvalue weighted by molar-refractivity contribution is -0.116. The molecule has 0 aliphatic heterocycles. The molecule has 0 saturated carbocycles. The van der Waals surface area contributed by atoms with Crippen LogP contribution in [-0.4, -0.2) is 13.0 Å². The molecule has 0 bridgehead atoms. The molecule has 0 heterocycles. The van der Waals surface area contributed by atoms with Crippen LogP contribution in [0.15, 0.2) is 84.9 Å². The van der Waals surface area contributed by atoms with Gasteiger partial charge in [-0.05, 0) is 34.9 Å². The number of amides is 1. The first-order valence-corrected chi connectivity index (χ1v) is 9.09. The van der Waals surface area contributed by atoms with Crippen molar-refractivity contribution in [3.8, 4) is 11.5 Å². The van der Waals surface area contributed by atoms with Gasteiger partial charge >= 0.3 is 0 Å². The monoisotopic (exact) mass is 373 g/mol. The molecule has 1 amide bonds. The Morgan fingerprint density at radius 1 is 0.893 bits per heavy atom. The number of carbonyl (C=O) groups is 1. The largest absolute Gasteiger partial charge is 0.493 e. The molecule has 0 unspecified atom stereocenters. The molecule has 0 fully saturated rings. The molecule has 142 valence electrons. The summed E-state index contributed by atoms with van der Waals surface area (Å²) in [7, 11) is 1.60. The summed E-state index contributed by atoms with van der Waals surface area (Å²) >= 11 is 0. The second-order valence-electron chi connectivity index (χ2n) is 6.22. The van der Waals surface area contributed by atoms with Crippen molar-refractivity contribution in [1.82, 2.24) is 5.32 Å². The van der Waals surface area contributed by atoms with E-state index in [1.807, 2.05) is 78.9 Å². The third kappa shape index (κ3) is 5.74. The van der Waals surface area contributed by atoms with Gasteiger partial charge in [0.1, 0.15) is 6.61 Å². The van der Waals surface area contributed by atoms with Crippen LogP contribution in [0.25, 0.3) is 6.08 Å². The summed E-state index contributed by atoms with van der Waals surface area (Å²) in [6, 6.07) is 25.3. The van der Waals surface area contributed by atoms with Crippen LogP contribution < -0.4 is 14.8 Å². The van der Waals surface area contributed by atoms with Crippen LogP contribution in [0.1, 0.15) is 16.7 Å². The molecule has 0 saturated heterocycles. The smallest absolute Gasteiger partial charge is 0.244 e. The topological polar surface area (TPSA) is 47.6 Å². The second kappa shape index (κ2) is 9.97. The molecule has 1 N–H and O–H groups in total. The maximum atomic E-state index is 12.0. The van der Waals surface area contributed by atoms with E-state index in [1.54, 1.807) is 13.2 Å². The SMILES string of the molecule is COc1cc(/C=C/C(=O)NCc2ccccc2)ccc1OCc1ccccc1. The van der Waals surface area contributed by atoms with Gasteiger partial charge in [0.05, 0.1) is 7.11 Å². The third-order valence-corrected chi connectivity index (χ3v) is 4.16. The van der Waals surface area contributed by atoms with Crippen molar-refractivity contribution in [1.29, 1.82) is 0 Å². The standard InChI is InChI=1S/C24H23NO3/c1-27-23-16-19(12-14-22(23)28-18-21-10-6-3-7-11-21)13-15-24(26)25-17-20-8-4-2-5-9-20/h2-16H,17-18H2,1H3,(H,25,26)/b15-13+. The maximum Gasteiger partial charge on any atom is 0.244 e. The Labute approximate surface area is 165 Å². The van der Waals surface area contributed by atoms with Gasteiger partial charge in [-0.15, -0.1) is 0 Å². The Morgan fingerprint density at radius 2 is 1.57 bits per heavy atom. The minimum absolute atomic E-state index is 0.146. The van der Waals surface area contributed by atoms with E-state index >= 15 is 0 Å². The van der Waals surface area contributed by atoms with Gasteiger partial charge in [-0.2, -0.15) is 0 Å². The van der Waals surface area contributed by atoms with Gasteiger partial charge in [0, 0.05) is 12.6 Å². The van der Waals surface area contributed by atoms with E-state index < -0.39 is 0 Å². The number of hydrogen-bond acceptors (Lipinski definition) is 3. The molecule has 4 heteroatoms. The van der Waals surface area contributed by atoms with Gasteiger partial charge in [-0.3, -0.25) is 4.79 Å². The Hall–Kier alpha value is -3.53. The molecule has 4 nitrogen and oxygen atoms in total. The molecule has 3 aromatic carbocycles. The zero-order chi connectivity index (χ0) is 19.6. The third-order valence-electron chi connectivity index (χ3n) is 4.16. The molecule has 3 rings (SSSR count).